The number of rotatable bonds is 11. The van der Waals surface area contributed by atoms with Crippen LogP contribution in [0.15, 0.2) is 59.4 Å². The fourth-order valence-corrected chi connectivity index (χ4v) is 4.47. The highest BCUT2D eigenvalue weighted by molar-refractivity contribution is 7.07. The molecule has 7 nitrogen and oxygen atoms in total. The van der Waals surface area contributed by atoms with Gasteiger partial charge in [-0.1, -0.05) is 55.8 Å². The highest BCUT2D eigenvalue weighted by atomic mass is 32.1. The van der Waals surface area contributed by atoms with Gasteiger partial charge in [0.05, 0.1) is 17.7 Å². The van der Waals surface area contributed by atoms with E-state index >= 15 is 0 Å². The van der Waals surface area contributed by atoms with Gasteiger partial charge in [-0.25, -0.2) is 0 Å². The molecule has 1 N–H and O–H groups in total. The molecular weight excluding hydrogens is 462 g/mol. The fourth-order valence-electron chi connectivity index (χ4n) is 3.34. The summed E-state index contributed by atoms with van der Waals surface area (Å²) in [5.74, 6) is 0.204. The Morgan fingerprint density at radius 1 is 1.20 bits per heavy atom. The predicted octanol–water partition coefficient (Wildman–Crippen LogP) is 2.55. The molecule has 3 rings (SSSR count). The van der Waals surface area contributed by atoms with Gasteiger partial charge in [0, 0.05) is 13.7 Å². The van der Waals surface area contributed by atoms with E-state index in [1.807, 2.05) is 67.6 Å². The van der Waals surface area contributed by atoms with Crippen molar-refractivity contribution in [1.82, 2.24) is 9.88 Å². The molecule has 2 aromatic carbocycles. The number of hydrogen-bond acceptors (Lipinski definition) is 6. The average Bonchev–Trinajstić information content (AvgIpc) is 3.17. The number of thiazole rings is 1. The molecule has 1 amide bonds. The van der Waals surface area contributed by atoms with E-state index in [0.717, 1.165) is 35.3 Å². The molecule has 0 saturated heterocycles. The minimum absolute atomic E-state index is 0.0705. The highest BCUT2D eigenvalue weighted by Crippen LogP contribution is 2.15. The molecule has 1 heterocycles. The van der Waals surface area contributed by atoms with Crippen LogP contribution in [0.1, 0.15) is 30.9 Å². The molecule has 0 aliphatic rings. The van der Waals surface area contributed by atoms with Gasteiger partial charge in [-0.2, -0.15) is 5.26 Å². The SMILES string of the molecule is CCCCNC(=O)/C(C#N)=c1\s/c(=C\c2cccc(OCc3ccccc3)c2)c(=O)n1CCOC. The van der Waals surface area contributed by atoms with Crippen molar-refractivity contribution in [2.24, 2.45) is 0 Å². The number of amides is 1. The Kier molecular flexibility index (Phi) is 9.84. The monoisotopic (exact) mass is 491 g/mol. The molecule has 0 radical (unpaired) electrons. The van der Waals surface area contributed by atoms with Gasteiger partial charge >= 0.3 is 0 Å². The number of hydrogen-bond donors (Lipinski definition) is 1. The molecule has 182 valence electrons. The average molecular weight is 492 g/mol. The lowest BCUT2D eigenvalue weighted by molar-refractivity contribution is -0.115. The van der Waals surface area contributed by atoms with Crippen LogP contribution < -0.4 is 24.8 Å². The summed E-state index contributed by atoms with van der Waals surface area (Å²) < 4.78 is 13.2. The van der Waals surface area contributed by atoms with Crippen LogP contribution in [-0.2, 0) is 22.7 Å². The molecule has 0 aliphatic heterocycles. The van der Waals surface area contributed by atoms with Crippen molar-refractivity contribution >= 4 is 28.9 Å². The number of methoxy groups -OCH3 is 1. The Bertz CT molecular complexity index is 1350. The molecule has 1 aromatic heterocycles. The quantitative estimate of drug-likeness (QED) is 0.416. The zero-order chi connectivity index (χ0) is 25.0. The largest absolute Gasteiger partial charge is 0.489 e. The third kappa shape index (κ3) is 7.15. The second-order valence-electron chi connectivity index (χ2n) is 7.81. The lowest BCUT2D eigenvalue weighted by atomic mass is 10.2. The Morgan fingerprint density at radius 2 is 2.00 bits per heavy atom. The van der Waals surface area contributed by atoms with E-state index in [9.17, 15) is 14.9 Å². The Balaban J connectivity index is 1.98. The smallest absolute Gasteiger partial charge is 0.269 e. The third-order valence-corrected chi connectivity index (χ3v) is 6.33. The molecule has 0 unspecified atom stereocenters. The van der Waals surface area contributed by atoms with E-state index in [0.29, 0.717) is 28.1 Å². The number of carbonyl (C=O) groups is 1. The number of carbonyl (C=O) groups excluding carboxylic acids is 1. The molecule has 0 aliphatic carbocycles. The molecular formula is C27H29N3O4S. The maximum Gasteiger partial charge on any atom is 0.269 e. The van der Waals surface area contributed by atoms with Gasteiger partial charge in [-0.3, -0.25) is 14.2 Å². The Labute approximate surface area is 208 Å². The Hall–Kier alpha value is -3.67. The summed E-state index contributed by atoms with van der Waals surface area (Å²) in [4.78, 5) is 25.9. The summed E-state index contributed by atoms with van der Waals surface area (Å²) in [6, 6.07) is 19.3. The summed E-state index contributed by atoms with van der Waals surface area (Å²) in [5.41, 5.74) is 1.50. The topological polar surface area (TPSA) is 93.4 Å². The predicted molar refractivity (Wildman–Crippen MR) is 137 cm³/mol. The van der Waals surface area contributed by atoms with Gasteiger partial charge in [0.25, 0.3) is 11.5 Å². The minimum Gasteiger partial charge on any atom is -0.489 e. The number of nitrogens with zero attached hydrogens (tertiary/aromatic N) is 2. The summed E-state index contributed by atoms with van der Waals surface area (Å²) in [6.45, 7) is 3.45. The van der Waals surface area contributed by atoms with Crippen molar-refractivity contribution in [2.45, 2.75) is 32.9 Å². The second kappa shape index (κ2) is 13.3. The number of nitrogens with one attached hydrogen (secondary N) is 1. The summed E-state index contributed by atoms with van der Waals surface area (Å²) in [6.07, 6.45) is 3.49. The molecule has 8 heteroatoms. The number of ether oxygens (including phenoxy) is 2. The van der Waals surface area contributed by atoms with Crippen LogP contribution in [0.2, 0.25) is 0 Å². The first-order valence-electron chi connectivity index (χ1n) is 11.5. The summed E-state index contributed by atoms with van der Waals surface area (Å²) in [7, 11) is 1.54. The summed E-state index contributed by atoms with van der Waals surface area (Å²) in [5, 5.41) is 12.5. The van der Waals surface area contributed by atoms with Crippen molar-refractivity contribution < 1.29 is 14.3 Å². The lowest BCUT2D eigenvalue weighted by Gasteiger charge is -2.06. The highest BCUT2D eigenvalue weighted by Gasteiger charge is 2.15. The van der Waals surface area contributed by atoms with Crippen molar-refractivity contribution in [3.63, 3.8) is 0 Å². The lowest BCUT2D eigenvalue weighted by Crippen LogP contribution is -2.36. The van der Waals surface area contributed by atoms with Crippen LogP contribution in [0.25, 0.3) is 11.6 Å². The van der Waals surface area contributed by atoms with Gasteiger partial charge in [0.15, 0.2) is 5.57 Å². The van der Waals surface area contributed by atoms with Crippen LogP contribution in [0, 0.1) is 11.3 Å². The van der Waals surface area contributed by atoms with Gasteiger partial charge in [0.2, 0.25) is 0 Å². The first-order valence-corrected chi connectivity index (χ1v) is 12.3. The van der Waals surface area contributed by atoms with Gasteiger partial charge in [-0.05, 0) is 35.8 Å². The van der Waals surface area contributed by atoms with Crippen LogP contribution in [0.5, 0.6) is 5.75 Å². The normalized spacial score (nSPS) is 12.2. The van der Waals surface area contributed by atoms with Gasteiger partial charge in [-0.15, -0.1) is 11.3 Å². The molecule has 35 heavy (non-hydrogen) atoms. The van der Waals surface area contributed by atoms with E-state index in [2.05, 4.69) is 5.32 Å². The third-order valence-electron chi connectivity index (χ3n) is 5.20. The Morgan fingerprint density at radius 3 is 2.71 bits per heavy atom. The van der Waals surface area contributed by atoms with E-state index in [1.165, 1.54) is 11.7 Å². The second-order valence-corrected chi connectivity index (χ2v) is 8.84. The zero-order valence-electron chi connectivity index (χ0n) is 20.0. The number of benzene rings is 2. The fraction of sp³-hybridized carbons (Fsp3) is 0.296. The maximum absolute atomic E-state index is 13.2. The van der Waals surface area contributed by atoms with Crippen molar-refractivity contribution in [2.75, 3.05) is 20.3 Å². The van der Waals surface area contributed by atoms with E-state index < -0.39 is 5.91 Å². The van der Waals surface area contributed by atoms with Crippen LogP contribution >= 0.6 is 11.3 Å². The summed E-state index contributed by atoms with van der Waals surface area (Å²) >= 11 is 1.13. The standard InChI is InChI=1S/C27H29N3O4S/c1-3-4-13-29-25(31)23(18-28)27-30(14-15-33-2)26(32)24(35-27)17-21-11-8-12-22(16-21)34-19-20-9-6-5-7-10-20/h5-12,16-17H,3-4,13-15,19H2,1-2H3,(H,29,31)/b24-17-,27-23-. The molecule has 3 aromatic rings. The first-order chi connectivity index (χ1) is 17.1. The zero-order valence-corrected chi connectivity index (χ0v) is 20.8. The van der Waals surface area contributed by atoms with Crippen molar-refractivity contribution in [1.29, 1.82) is 5.26 Å². The number of nitriles is 1. The van der Waals surface area contributed by atoms with Gasteiger partial charge in [0.1, 0.15) is 23.1 Å². The van der Waals surface area contributed by atoms with Crippen molar-refractivity contribution in [3.05, 3.63) is 85.3 Å². The molecule has 0 fully saturated rings. The molecule has 0 spiro atoms. The van der Waals surface area contributed by atoms with E-state index in [1.54, 1.807) is 6.08 Å². The minimum atomic E-state index is -0.476. The number of unbranched alkanes of at least 4 members (excludes halogenated alkanes) is 1. The first kappa shape index (κ1) is 25.9. The van der Waals surface area contributed by atoms with E-state index in [4.69, 9.17) is 9.47 Å². The maximum atomic E-state index is 13.2. The molecule has 0 bridgehead atoms. The molecule has 0 atom stereocenters. The number of aromatic nitrogens is 1. The molecule has 0 saturated carbocycles. The van der Waals surface area contributed by atoms with Gasteiger partial charge < -0.3 is 14.8 Å². The van der Waals surface area contributed by atoms with Crippen molar-refractivity contribution in [3.8, 4) is 11.8 Å². The van der Waals surface area contributed by atoms with Crippen LogP contribution in [-0.4, -0.2) is 30.7 Å². The van der Waals surface area contributed by atoms with Crippen LogP contribution in [0.4, 0.5) is 0 Å². The van der Waals surface area contributed by atoms with E-state index in [-0.39, 0.29) is 24.3 Å². The van der Waals surface area contributed by atoms with Crippen LogP contribution in [0.3, 0.4) is 0 Å².